The van der Waals surface area contributed by atoms with Gasteiger partial charge < -0.3 is 15.0 Å². The topological polar surface area (TPSA) is 67.0 Å². The van der Waals surface area contributed by atoms with E-state index in [4.69, 9.17) is 16.3 Å². The van der Waals surface area contributed by atoms with E-state index in [2.05, 4.69) is 15.3 Å². The standard InChI is InChI=1S/C16H13ClFN3O2/c17-13-2-1-5-20-16(13)23-7-6-19-15(22)12-9-21-14-8-10(18)3-4-11(12)14/h1-5,8-9,21H,6-7H2,(H,19,22). The summed E-state index contributed by atoms with van der Waals surface area (Å²) in [4.78, 5) is 19.0. The number of aromatic nitrogens is 2. The first-order valence-electron chi connectivity index (χ1n) is 6.93. The zero-order valence-electron chi connectivity index (χ0n) is 12.0. The second-order valence-electron chi connectivity index (χ2n) is 4.79. The third kappa shape index (κ3) is 3.43. The molecular formula is C16H13ClFN3O2. The summed E-state index contributed by atoms with van der Waals surface area (Å²) in [5.41, 5.74) is 1.03. The summed E-state index contributed by atoms with van der Waals surface area (Å²) >= 11 is 5.92. The van der Waals surface area contributed by atoms with Gasteiger partial charge in [0.1, 0.15) is 17.4 Å². The molecule has 0 aliphatic heterocycles. The molecule has 2 heterocycles. The molecule has 0 saturated heterocycles. The molecule has 0 aliphatic carbocycles. The first-order chi connectivity index (χ1) is 11.1. The van der Waals surface area contributed by atoms with E-state index in [-0.39, 0.29) is 18.3 Å². The van der Waals surface area contributed by atoms with Crippen molar-refractivity contribution in [1.82, 2.24) is 15.3 Å². The zero-order valence-corrected chi connectivity index (χ0v) is 12.7. The predicted molar refractivity (Wildman–Crippen MR) is 85.3 cm³/mol. The smallest absolute Gasteiger partial charge is 0.253 e. The average Bonchev–Trinajstić information content (AvgIpc) is 2.96. The first kappa shape index (κ1) is 15.3. The van der Waals surface area contributed by atoms with Crippen LogP contribution in [0.15, 0.2) is 42.7 Å². The van der Waals surface area contributed by atoms with E-state index >= 15 is 0 Å². The summed E-state index contributed by atoms with van der Waals surface area (Å²) in [6.07, 6.45) is 3.13. The van der Waals surface area contributed by atoms with Crippen LogP contribution in [0.1, 0.15) is 10.4 Å². The number of nitrogens with zero attached hydrogens (tertiary/aromatic N) is 1. The number of halogens is 2. The number of pyridine rings is 1. The fraction of sp³-hybridized carbons (Fsp3) is 0.125. The van der Waals surface area contributed by atoms with Crippen molar-refractivity contribution in [3.63, 3.8) is 0 Å². The normalized spacial score (nSPS) is 10.7. The molecule has 23 heavy (non-hydrogen) atoms. The lowest BCUT2D eigenvalue weighted by Crippen LogP contribution is -2.28. The van der Waals surface area contributed by atoms with Crippen molar-refractivity contribution in [3.05, 3.63) is 59.1 Å². The molecule has 5 nitrogen and oxygen atoms in total. The Bertz CT molecular complexity index is 850. The number of carbonyl (C=O) groups excluding carboxylic acids is 1. The Labute approximate surface area is 136 Å². The molecule has 3 aromatic rings. The monoisotopic (exact) mass is 333 g/mol. The molecule has 0 aliphatic rings. The molecule has 0 spiro atoms. The minimum Gasteiger partial charge on any atom is -0.475 e. The number of ether oxygens (including phenoxy) is 1. The van der Waals surface area contributed by atoms with Crippen molar-refractivity contribution >= 4 is 28.4 Å². The van der Waals surface area contributed by atoms with Gasteiger partial charge in [-0.2, -0.15) is 0 Å². The Morgan fingerprint density at radius 2 is 2.26 bits per heavy atom. The van der Waals surface area contributed by atoms with Crippen LogP contribution in [0.2, 0.25) is 5.02 Å². The third-order valence-electron chi connectivity index (χ3n) is 3.24. The van der Waals surface area contributed by atoms with Crippen LogP contribution < -0.4 is 10.1 Å². The maximum absolute atomic E-state index is 13.1. The molecule has 3 rings (SSSR count). The van der Waals surface area contributed by atoms with Crippen molar-refractivity contribution in [1.29, 1.82) is 0 Å². The Kier molecular flexibility index (Phi) is 4.43. The maximum Gasteiger partial charge on any atom is 0.253 e. The molecule has 0 radical (unpaired) electrons. The highest BCUT2D eigenvalue weighted by molar-refractivity contribution is 6.31. The summed E-state index contributed by atoms with van der Waals surface area (Å²) in [6.45, 7) is 0.527. The first-order valence-corrected chi connectivity index (χ1v) is 7.31. The second kappa shape index (κ2) is 6.66. The van der Waals surface area contributed by atoms with Crippen molar-refractivity contribution in [3.8, 4) is 5.88 Å². The Morgan fingerprint density at radius 3 is 3.09 bits per heavy atom. The number of hydrogen-bond donors (Lipinski definition) is 2. The van der Waals surface area contributed by atoms with E-state index in [0.717, 1.165) is 0 Å². The third-order valence-corrected chi connectivity index (χ3v) is 3.53. The summed E-state index contributed by atoms with van der Waals surface area (Å²) in [5.74, 6) is -0.295. The Balaban J connectivity index is 1.58. The maximum atomic E-state index is 13.1. The zero-order chi connectivity index (χ0) is 16.2. The van der Waals surface area contributed by atoms with Gasteiger partial charge in [0.15, 0.2) is 0 Å². The summed E-state index contributed by atoms with van der Waals surface area (Å²) in [6, 6.07) is 7.61. The molecular weight excluding hydrogens is 321 g/mol. The predicted octanol–water partition coefficient (Wildman–Crippen LogP) is 3.16. The number of fused-ring (bicyclic) bond motifs is 1. The van der Waals surface area contributed by atoms with Crippen LogP contribution >= 0.6 is 11.6 Å². The molecule has 0 atom stereocenters. The molecule has 0 unspecified atom stereocenters. The van der Waals surface area contributed by atoms with Crippen molar-refractivity contribution in [2.45, 2.75) is 0 Å². The lowest BCUT2D eigenvalue weighted by Gasteiger charge is -2.07. The summed E-state index contributed by atoms with van der Waals surface area (Å²) < 4.78 is 18.5. The van der Waals surface area contributed by atoms with E-state index in [9.17, 15) is 9.18 Å². The number of amides is 1. The highest BCUT2D eigenvalue weighted by Gasteiger charge is 2.12. The van der Waals surface area contributed by atoms with Crippen molar-refractivity contribution in [2.75, 3.05) is 13.2 Å². The molecule has 2 aromatic heterocycles. The molecule has 0 bridgehead atoms. The largest absolute Gasteiger partial charge is 0.475 e. The number of nitrogens with one attached hydrogen (secondary N) is 2. The van der Waals surface area contributed by atoms with Gasteiger partial charge in [0.05, 0.1) is 12.1 Å². The SMILES string of the molecule is O=C(NCCOc1ncccc1Cl)c1c[nH]c2cc(F)ccc12. The summed E-state index contributed by atoms with van der Waals surface area (Å²) in [7, 11) is 0. The molecule has 1 aromatic carbocycles. The number of benzene rings is 1. The van der Waals surface area contributed by atoms with Crippen LogP contribution in [0.4, 0.5) is 4.39 Å². The van der Waals surface area contributed by atoms with Crippen molar-refractivity contribution < 1.29 is 13.9 Å². The van der Waals surface area contributed by atoms with Gasteiger partial charge in [-0.1, -0.05) is 11.6 Å². The van der Waals surface area contributed by atoms with Crippen molar-refractivity contribution in [2.24, 2.45) is 0 Å². The van der Waals surface area contributed by atoms with E-state index in [1.54, 1.807) is 30.6 Å². The minimum absolute atomic E-state index is 0.236. The van der Waals surface area contributed by atoms with Crippen LogP contribution in [-0.4, -0.2) is 29.0 Å². The van der Waals surface area contributed by atoms with Crippen LogP contribution in [0.3, 0.4) is 0 Å². The number of hydrogen-bond acceptors (Lipinski definition) is 3. The van der Waals surface area contributed by atoms with Gasteiger partial charge >= 0.3 is 0 Å². The second-order valence-corrected chi connectivity index (χ2v) is 5.19. The van der Waals surface area contributed by atoms with E-state index in [0.29, 0.717) is 33.9 Å². The Hall–Kier alpha value is -2.60. The average molecular weight is 334 g/mol. The number of rotatable bonds is 5. The van der Waals surface area contributed by atoms with E-state index < -0.39 is 0 Å². The molecule has 118 valence electrons. The van der Waals surface area contributed by atoms with Crippen LogP contribution in [0.25, 0.3) is 10.9 Å². The van der Waals surface area contributed by atoms with Crippen LogP contribution in [0, 0.1) is 5.82 Å². The molecule has 0 saturated carbocycles. The highest BCUT2D eigenvalue weighted by Crippen LogP contribution is 2.20. The van der Waals surface area contributed by atoms with E-state index in [1.165, 1.54) is 12.1 Å². The van der Waals surface area contributed by atoms with Gasteiger partial charge in [-0.15, -0.1) is 0 Å². The fourth-order valence-electron chi connectivity index (χ4n) is 2.17. The fourth-order valence-corrected chi connectivity index (χ4v) is 2.35. The number of aromatic amines is 1. The Morgan fingerprint density at radius 1 is 1.39 bits per heavy atom. The van der Waals surface area contributed by atoms with Gasteiger partial charge in [0, 0.05) is 23.3 Å². The van der Waals surface area contributed by atoms with Gasteiger partial charge in [0.25, 0.3) is 5.91 Å². The van der Waals surface area contributed by atoms with E-state index in [1.807, 2.05) is 0 Å². The summed E-state index contributed by atoms with van der Waals surface area (Å²) in [5, 5.41) is 3.81. The highest BCUT2D eigenvalue weighted by atomic mass is 35.5. The molecule has 1 amide bonds. The van der Waals surface area contributed by atoms with Gasteiger partial charge in [-0.25, -0.2) is 9.37 Å². The van der Waals surface area contributed by atoms with Gasteiger partial charge in [-0.05, 0) is 30.3 Å². The molecule has 0 fully saturated rings. The minimum atomic E-state index is -0.355. The lowest BCUT2D eigenvalue weighted by molar-refractivity contribution is 0.0948. The molecule has 2 N–H and O–H groups in total. The van der Waals surface area contributed by atoms with Gasteiger partial charge in [0.2, 0.25) is 5.88 Å². The quantitative estimate of drug-likeness (QED) is 0.705. The van der Waals surface area contributed by atoms with Crippen LogP contribution in [-0.2, 0) is 0 Å². The number of H-pyrrole nitrogens is 1. The van der Waals surface area contributed by atoms with Gasteiger partial charge in [-0.3, -0.25) is 4.79 Å². The lowest BCUT2D eigenvalue weighted by atomic mass is 10.1. The molecule has 7 heteroatoms. The number of carbonyl (C=O) groups is 1. The van der Waals surface area contributed by atoms with Crippen LogP contribution in [0.5, 0.6) is 5.88 Å².